The number of anilines is 1. The van der Waals surface area contributed by atoms with E-state index in [-0.39, 0.29) is 22.1 Å². The zero-order valence-corrected chi connectivity index (χ0v) is 16.9. The molecule has 31 heavy (non-hydrogen) atoms. The third-order valence-corrected chi connectivity index (χ3v) is 5.22. The Labute approximate surface area is 183 Å². The minimum absolute atomic E-state index is 0.0195. The Bertz CT molecular complexity index is 1330. The van der Waals surface area contributed by atoms with E-state index >= 15 is 0 Å². The lowest BCUT2D eigenvalue weighted by Crippen LogP contribution is -2.00. The molecular weight excluding hydrogens is 412 g/mol. The number of benzene rings is 3. The van der Waals surface area contributed by atoms with Gasteiger partial charge in [-0.2, -0.15) is 5.26 Å². The standard InChI is InChI=1S/C24H15ClN4O2/c25-21-11-10-18(12-23(21)29(30)31)19-13-22(28-24(27)20(19)14-26)17-8-6-16(7-9-17)15-4-2-1-3-5-15/h1-13H,(H2,27,28). The van der Waals surface area contributed by atoms with E-state index in [1.165, 1.54) is 12.1 Å². The second-order valence-corrected chi connectivity index (χ2v) is 7.20. The van der Waals surface area contributed by atoms with Crippen molar-refractivity contribution in [3.63, 3.8) is 0 Å². The number of halogens is 1. The molecule has 4 aromatic rings. The lowest BCUT2D eigenvalue weighted by atomic mass is 9.97. The van der Waals surface area contributed by atoms with Crippen molar-refractivity contribution in [2.75, 3.05) is 5.73 Å². The van der Waals surface area contributed by atoms with Crippen LogP contribution in [0.5, 0.6) is 0 Å². The number of nitrogen functional groups attached to an aromatic ring is 1. The number of aromatic nitrogens is 1. The molecule has 3 aromatic carbocycles. The Morgan fingerprint density at radius 2 is 1.52 bits per heavy atom. The van der Waals surface area contributed by atoms with Crippen LogP contribution in [0.1, 0.15) is 5.56 Å². The first-order valence-electron chi connectivity index (χ1n) is 9.28. The summed E-state index contributed by atoms with van der Waals surface area (Å²) in [5.74, 6) is 0.0553. The summed E-state index contributed by atoms with van der Waals surface area (Å²) >= 11 is 5.93. The topological polar surface area (TPSA) is 106 Å². The average molecular weight is 427 g/mol. The predicted octanol–water partition coefficient (Wildman–Crippen LogP) is 6.10. The lowest BCUT2D eigenvalue weighted by molar-refractivity contribution is -0.384. The minimum Gasteiger partial charge on any atom is -0.383 e. The van der Waals surface area contributed by atoms with Crippen LogP contribution < -0.4 is 5.73 Å². The summed E-state index contributed by atoms with van der Waals surface area (Å²) in [4.78, 5) is 15.1. The van der Waals surface area contributed by atoms with Gasteiger partial charge in [0.05, 0.1) is 10.6 Å². The lowest BCUT2D eigenvalue weighted by Gasteiger charge is -2.11. The van der Waals surface area contributed by atoms with Crippen LogP contribution in [0, 0.1) is 21.4 Å². The molecule has 150 valence electrons. The summed E-state index contributed by atoms with van der Waals surface area (Å²) in [6.07, 6.45) is 0. The fourth-order valence-corrected chi connectivity index (χ4v) is 3.53. The van der Waals surface area contributed by atoms with Crippen LogP contribution in [-0.2, 0) is 0 Å². The molecule has 0 aliphatic heterocycles. The minimum atomic E-state index is -0.564. The van der Waals surface area contributed by atoms with Crippen LogP contribution in [0.15, 0.2) is 78.9 Å². The van der Waals surface area contributed by atoms with Crippen LogP contribution in [0.3, 0.4) is 0 Å². The second-order valence-electron chi connectivity index (χ2n) is 6.79. The van der Waals surface area contributed by atoms with Gasteiger partial charge in [-0.15, -0.1) is 0 Å². The molecule has 0 saturated heterocycles. The molecule has 0 amide bonds. The molecule has 1 heterocycles. The van der Waals surface area contributed by atoms with E-state index in [0.29, 0.717) is 16.8 Å². The van der Waals surface area contributed by atoms with E-state index in [4.69, 9.17) is 17.3 Å². The average Bonchev–Trinajstić information content (AvgIpc) is 2.79. The molecular formula is C24H15ClN4O2. The van der Waals surface area contributed by atoms with Gasteiger partial charge in [0.15, 0.2) is 0 Å². The van der Waals surface area contributed by atoms with Gasteiger partial charge in [-0.3, -0.25) is 10.1 Å². The second kappa shape index (κ2) is 8.27. The molecule has 0 aliphatic carbocycles. The molecule has 0 aliphatic rings. The first-order chi connectivity index (χ1) is 15.0. The van der Waals surface area contributed by atoms with Crippen molar-refractivity contribution < 1.29 is 4.92 Å². The van der Waals surface area contributed by atoms with Crippen molar-refractivity contribution in [3.05, 3.63) is 99.6 Å². The zero-order chi connectivity index (χ0) is 22.0. The molecule has 1 aromatic heterocycles. The summed E-state index contributed by atoms with van der Waals surface area (Å²) < 4.78 is 0. The third-order valence-electron chi connectivity index (χ3n) is 4.90. The summed E-state index contributed by atoms with van der Waals surface area (Å²) in [6.45, 7) is 0. The van der Waals surface area contributed by atoms with Gasteiger partial charge in [-0.1, -0.05) is 72.3 Å². The van der Waals surface area contributed by atoms with Crippen molar-refractivity contribution in [3.8, 4) is 39.6 Å². The van der Waals surface area contributed by atoms with E-state index in [2.05, 4.69) is 4.98 Å². The van der Waals surface area contributed by atoms with Gasteiger partial charge in [0.25, 0.3) is 5.69 Å². The number of nitriles is 1. The van der Waals surface area contributed by atoms with Gasteiger partial charge in [0.2, 0.25) is 0 Å². The van der Waals surface area contributed by atoms with E-state index < -0.39 is 4.92 Å². The largest absolute Gasteiger partial charge is 0.383 e. The number of pyridine rings is 1. The van der Waals surface area contributed by atoms with Crippen molar-refractivity contribution in [2.24, 2.45) is 0 Å². The summed E-state index contributed by atoms with van der Waals surface area (Å²) in [6, 6.07) is 25.9. The molecule has 0 fully saturated rings. The van der Waals surface area contributed by atoms with E-state index in [9.17, 15) is 15.4 Å². The highest BCUT2D eigenvalue weighted by molar-refractivity contribution is 6.32. The zero-order valence-electron chi connectivity index (χ0n) is 16.1. The van der Waals surface area contributed by atoms with E-state index in [1.54, 1.807) is 12.1 Å². The maximum atomic E-state index is 11.3. The van der Waals surface area contributed by atoms with Gasteiger partial charge >= 0.3 is 0 Å². The van der Waals surface area contributed by atoms with E-state index in [1.807, 2.05) is 60.7 Å². The molecule has 0 unspecified atom stereocenters. The van der Waals surface area contributed by atoms with Crippen LogP contribution in [0.4, 0.5) is 11.5 Å². The number of hydrogen-bond acceptors (Lipinski definition) is 5. The molecule has 4 rings (SSSR count). The normalized spacial score (nSPS) is 10.5. The highest BCUT2D eigenvalue weighted by Crippen LogP contribution is 2.35. The highest BCUT2D eigenvalue weighted by atomic mass is 35.5. The maximum absolute atomic E-state index is 11.3. The van der Waals surface area contributed by atoms with Crippen LogP contribution in [0.25, 0.3) is 33.5 Å². The molecule has 0 radical (unpaired) electrons. The monoisotopic (exact) mass is 426 g/mol. The Hall–Kier alpha value is -4.21. The van der Waals surface area contributed by atoms with E-state index in [0.717, 1.165) is 16.7 Å². The number of nitro benzene ring substituents is 1. The summed E-state index contributed by atoms with van der Waals surface area (Å²) in [7, 11) is 0. The first-order valence-corrected chi connectivity index (χ1v) is 9.66. The number of rotatable bonds is 4. The molecule has 6 nitrogen and oxygen atoms in total. The van der Waals surface area contributed by atoms with Gasteiger partial charge < -0.3 is 5.73 Å². The van der Waals surface area contributed by atoms with Crippen LogP contribution >= 0.6 is 11.6 Å². The number of nitrogens with zero attached hydrogens (tertiary/aromatic N) is 3. The van der Waals surface area contributed by atoms with Gasteiger partial charge in [-0.25, -0.2) is 4.98 Å². The van der Waals surface area contributed by atoms with Gasteiger partial charge in [-0.05, 0) is 28.8 Å². The van der Waals surface area contributed by atoms with Crippen LogP contribution in [0.2, 0.25) is 5.02 Å². The van der Waals surface area contributed by atoms with Crippen molar-refractivity contribution in [2.45, 2.75) is 0 Å². The van der Waals surface area contributed by atoms with Crippen molar-refractivity contribution in [1.29, 1.82) is 5.26 Å². The Balaban J connectivity index is 1.81. The van der Waals surface area contributed by atoms with Crippen LogP contribution in [-0.4, -0.2) is 9.91 Å². The molecule has 0 bridgehead atoms. The summed E-state index contributed by atoms with van der Waals surface area (Å²) in [5.41, 5.74) is 10.4. The Morgan fingerprint density at radius 3 is 2.16 bits per heavy atom. The number of nitrogens with two attached hydrogens (primary N) is 1. The molecule has 0 atom stereocenters. The molecule has 0 spiro atoms. The van der Waals surface area contributed by atoms with Crippen molar-refractivity contribution >= 4 is 23.1 Å². The van der Waals surface area contributed by atoms with Gasteiger partial charge in [0.1, 0.15) is 22.5 Å². The Kier molecular flexibility index (Phi) is 5.35. The number of nitro groups is 1. The molecule has 0 saturated carbocycles. The Morgan fingerprint density at radius 1 is 0.903 bits per heavy atom. The van der Waals surface area contributed by atoms with Crippen molar-refractivity contribution in [1.82, 2.24) is 4.98 Å². The van der Waals surface area contributed by atoms with Gasteiger partial charge in [0, 0.05) is 17.2 Å². The SMILES string of the molecule is N#Cc1c(-c2ccc(Cl)c([N+](=O)[O-])c2)cc(-c2ccc(-c3ccccc3)cc2)nc1N. The maximum Gasteiger partial charge on any atom is 0.288 e. The smallest absolute Gasteiger partial charge is 0.288 e. The highest BCUT2D eigenvalue weighted by Gasteiger charge is 2.18. The predicted molar refractivity (Wildman–Crippen MR) is 121 cm³/mol. The number of hydrogen-bond donors (Lipinski definition) is 1. The first kappa shape index (κ1) is 20.1. The fraction of sp³-hybridized carbons (Fsp3) is 0. The molecule has 7 heteroatoms. The molecule has 2 N–H and O–H groups in total. The third kappa shape index (κ3) is 3.95. The quantitative estimate of drug-likeness (QED) is 0.313. The summed E-state index contributed by atoms with van der Waals surface area (Å²) in [5, 5.41) is 20.9. The fourth-order valence-electron chi connectivity index (χ4n) is 3.34.